The minimum absolute atomic E-state index is 0.0995. The average Bonchev–Trinajstić information content (AvgIpc) is 2.27. The molecule has 7 heteroatoms. The van der Waals surface area contributed by atoms with Gasteiger partial charge >= 0.3 is 5.97 Å². The molecular weight excluding hydrogens is 268 g/mol. The molecule has 1 N–H and O–H groups in total. The van der Waals surface area contributed by atoms with Gasteiger partial charge in [-0.3, -0.25) is 0 Å². The van der Waals surface area contributed by atoms with E-state index in [-0.39, 0.29) is 27.0 Å². The van der Waals surface area contributed by atoms with Gasteiger partial charge in [0, 0.05) is 0 Å². The van der Waals surface area contributed by atoms with E-state index in [4.69, 9.17) is 21.4 Å². The van der Waals surface area contributed by atoms with E-state index in [1.807, 2.05) is 0 Å². The Balaban J connectivity index is 3.58. The molecule has 0 atom stereocenters. The Kier molecular flexibility index (Phi) is 4.00. The first-order valence-corrected chi connectivity index (χ1v) is 6.70. The lowest BCUT2D eigenvalue weighted by Gasteiger charge is -2.11. The predicted octanol–water partition coefficient (Wildman–Crippen LogP) is 1.84. The number of ether oxygens (including phenoxy) is 1. The number of carboxylic acid groups (broad SMARTS) is 1. The van der Waals surface area contributed by atoms with Gasteiger partial charge in [-0.15, -0.1) is 0 Å². The molecule has 5 nitrogen and oxygen atoms in total. The third-order valence-electron chi connectivity index (χ3n) is 2.21. The van der Waals surface area contributed by atoms with Gasteiger partial charge in [0.05, 0.1) is 23.4 Å². The molecule has 94 valence electrons. The number of halogens is 1. The minimum atomic E-state index is -3.51. The van der Waals surface area contributed by atoms with Crippen LogP contribution < -0.4 is 4.74 Å². The van der Waals surface area contributed by atoms with Crippen molar-refractivity contribution in [2.24, 2.45) is 0 Å². The van der Waals surface area contributed by atoms with E-state index in [1.54, 1.807) is 0 Å². The van der Waals surface area contributed by atoms with E-state index in [1.165, 1.54) is 20.1 Å². The quantitative estimate of drug-likeness (QED) is 0.909. The van der Waals surface area contributed by atoms with E-state index in [2.05, 4.69) is 0 Å². The molecule has 0 bridgehead atoms. The second-order valence-corrected chi connectivity index (χ2v) is 5.79. The highest BCUT2D eigenvalue weighted by atomic mass is 35.5. The molecule has 1 aromatic rings. The van der Waals surface area contributed by atoms with Gasteiger partial charge in [0.25, 0.3) is 0 Å². The normalized spacial score (nSPS) is 11.2. The fourth-order valence-corrected chi connectivity index (χ4v) is 2.73. The number of hydrogen-bond donors (Lipinski definition) is 1. The van der Waals surface area contributed by atoms with Crippen molar-refractivity contribution in [1.82, 2.24) is 0 Å². The average molecular weight is 279 g/mol. The molecule has 0 spiro atoms. The lowest BCUT2D eigenvalue weighted by Crippen LogP contribution is -2.08. The summed E-state index contributed by atoms with van der Waals surface area (Å²) in [7, 11) is -2.27. The molecule has 0 aliphatic rings. The molecule has 0 saturated heterocycles. The van der Waals surface area contributed by atoms with Crippen molar-refractivity contribution < 1.29 is 23.1 Å². The van der Waals surface area contributed by atoms with Crippen molar-refractivity contribution in [3.05, 3.63) is 22.7 Å². The molecule has 0 aliphatic heterocycles. The lowest BCUT2D eigenvalue weighted by atomic mass is 10.2. The van der Waals surface area contributed by atoms with Gasteiger partial charge < -0.3 is 9.84 Å². The Bertz CT molecular complexity index is 550. The maximum absolute atomic E-state index is 11.7. The first-order chi connectivity index (χ1) is 7.85. The number of carbonyl (C=O) groups is 1. The summed E-state index contributed by atoms with van der Waals surface area (Å²) >= 11 is 5.80. The van der Waals surface area contributed by atoms with Crippen LogP contribution in [0.25, 0.3) is 0 Å². The van der Waals surface area contributed by atoms with Crippen molar-refractivity contribution in [2.45, 2.75) is 11.8 Å². The van der Waals surface area contributed by atoms with E-state index >= 15 is 0 Å². The molecule has 0 unspecified atom stereocenters. The van der Waals surface area contributed by atoms with Crippen LogP contribution in [-0.4, -0.2) is 32.4 Å². The van der Waals surface area contributed by atoms with Crippen LogP contribution in [0.4, 0.5) is 0 Å². The number of aromatic carboxylic acids is 1. The molecule has 0 fully saturated rings. The topological polar surface area (TPSA) is 80.7 Å². The van der Waals surface area contributed by atoms with Crippen LogP contribution in [0.3, 0.4) is 0 Å². The summed E-state index contributed by atoms with van der Waals surface area (Å²) in [5, 5.41) is 8.63. The molecular formula is C10H11ClO5S. The molecule has 0 aliphatic carbocycles. The number of rotatable bonds is 4. The van der Waals surface area contributed by atoms with Crippen LogP contribution in [0, 0.1) is 0 Å². The SMILES string of the molecule is CCS(=O)(=O)c1ccc(C(=O)O)c(Cl)c1OC. The Labute approximate surface area is 104 Å². The molecule has 0 heterocycles. The summed E-state index contributed by atoms with van der Waals surface area (Å²) in [6.45, 7) is 1.48. The zero-order valence-electron chi connectivity index (χ0n) is 9.23. The Morgan fingerprint density at radius 1 is 1.47 bits per heavy atom. The molecule has 0 saturated carbocycles. The molecule has 1 aromatic carbocycles. The second-order valence-electron chi connectivity index (χ2n) is 3.17. The second kappa shape index (κ2) is 4.93. The summed E-state index contributed by atoms with van der Waals surface area (Å²) in [5.41, 5.74) is -0.196. The highest BCUT2D eigenvalue weighted by Crippen LogP contribution is 2.35. The maximum Gasteiger partial charge on any atom is 0.337 e. The van der Waals surface area contributed by atoms with Crippen molar-refractivity contribution >= 4 is 27.4 Å². The van der Waals surface area contributed by atoms with Crippen molar-refractivity contribution in [2.75, 3.05) is 12.9 Å². The van der Waals surface area contributed by atoms with Crippen LogP contribution in [0.5, 0.6) is 5.75 Å². The number of sulfone groups is 1. The van der Waals surface area contributed by atoms with Gasteiger partial charge in [0.2, 0.25) is 0 Å². The van der Waals surface area contributed by atoms with Gasteiger partial charge in [-0.05, 0) is 12.1 Å². The van der Waals surface area contributed by atoms with Crippen LogP contribution in [-0.2, 0) is 9.84 Å². The van der Waals surface area contributed by atoms with Gasteiger partial charge in [0.15, 0.2) is 15.6 Å². The summed E-state index contributed by atoms with van der Waals surface area (Å²) in [4.78, 5) is 10.7. The summed E-state index contributed by atoms with van der Waals surface area (Å²) in [6, 6.07) is 2.34. The van der Waals surface area contributed by atoms with Crippen molar-refractivity contribution in [3.63, 3.8) is 0 Å². The number of benzene rings is 1. The number of hydrogen-bond acceptors (Lipinski definition) is 4. The maximum atomic E-state index is 11.7. The van der Waals surface area contributed by atoms with Gasteiger partial charge in [-0.25, -0.2) is 13.2 Å². The highest BCUT2D eigenvalue weighted by Gasteiger charge is 2.23. The fraction of sp³-hybridized carbons (Fsp3) is 0.300. The van der Waals surface area contributed by atoms with Gasteiger partial charge in [0.1, 0.15) is 4.90 Å². The molecule has 0 aromatic heterocycles. The third-order valence-corrected chi connectivity index (χ3v) is 4.34. The van der Waals surface area contributed by atoms with Crippen molar-refractivity contribution in [3.8, 4) is 5.75 Å². The molecule has 1 rings (SSSR count). The van der Waals surface area contributed by atoms with Crippen LogP contribution in [0.1, 0.15) is 17.3 Å². The van der Waals surface area contributed by atoms with E-state index in [0.29, 0.717) is 0 Å². The summed E-state index contributed by atoms with van der Waals surface area (Å²) < 4.78 is 28.3. The predicted molar refractivity (Wildman–Crippen MR) is 62.7 cm³/mol. The standard InChI is InChI=1S/C10H11ClO5S/c1-3-17(14,15)7-5-4-6(10(12)13)8(11)9(7)16-2/h4-5H,3H2,1-2H3,(H,12,13). The fourth-order valence-electron chi connectivity index (χ4n) is 1.29. The molecule has 0 amide bonds. The van der Waals surface area contributed by atoms with E-state index in [0.717, 1.165) is 6.07 Å². The lowest BCUT2D eigenvalue weighted by molar-refractivity contribution is 0.0696. The van der Waals surface area contributed by atoms with Crippen LogP contribution in [0.2, 0.25) is 5.02 Å². The Hall–Kier alpha value is -1.27. The van der Waals surface area contributed by atoms with E-state index < -0.39 is 15.8 Å². The van der Waals surface area contributed by atoms with Gasteiger partial charge in [-0.1, -0.05) is 18.5 Å². The van der Waals surface area contributed by atoms with Gasteiger partial charge in [-0.2, -0.15) is 0 Å². The Morgan fingerprint density at radius 3 is 2.47 bits per heavy atom. The number of methoxy groups -OCH3 is 1. The van der Waals surface area contributed by atoms with E-state index in [9.17, 15) is 13.2 Å². The summed E-state index contributed by atoms with van der Waals surface area (Å²) in [5.74, 6) is -1.49. The summed E-state index contributed by atoms with van der Waals surface area (Å²) in [6.07, 6.45) is 0. The van der Waals surface area contributed by atoms with Crippen molar-refractivity contribution in [1.29, 1.82) is 0 Å². The van der Waals surface area contributed by atoms with Crippen LogP contribution in [0.15, 0.2) is 17.0 Å². The van der Waals surface area contributed by atoms with Crippen LogP contribution >= 0.6 is 11.6 Å². The molecule has 17 heavy (non-hydrogen) atoms. The highest BCUT2D eigenvalue weighted by molar-refractivity contribution is 7.91. The first-order valence-electron chi connectivity index (χ1n) is 4.67. The minimum Gasteiger partial charge on any atom is -0.494 e. The number of carboxylic acids is 1. The Morgan fingerprint density at radius 2 is 2.06 bits per heavy atom. The largest absolute Gasteiger partial charge is 0.494 e. The smallest absolute Gasteiger partial charge is 0.337 e. The monoisotopic (exact) mass is 278 g/mol. The zero-order valence-corrected chi connectivity index (χ0v) is 10.8. The zero-order chi connectivity index (χ0) is 13.2. The third kappa shape index (κ3) is 2.53. The molecule has 0 radical (unpaired) electrons. The first kappa shape index (κ1) is 13.8.